The molecule has 1 unspecified atom stereocenters. The third-order valence-corrected chi connectivity index (χ3v) is 4.56. The first kappa shape index (κ1) is 14.4. The summed E-state index contributed by atoms with van der Waals surface area (Å²) in [5, 5.41) is 6.95. The molecule has 19 heavy (non-hydrogen) atoms. The first-order valence-electron chi connectivity index (χ1n) is 6.55. The zero-order valence-electron chi connectivity index (χ0n) is 11.1. The predicted octanol–water partition coefficient (Wildman–Crippen LogP) is -0.0180. The van der Waals surface area contributed by atoms with Crippen molar-refractivity contribution in [3.63, 3.8) is 0 Å². The average molecular weight is 288 g/mol. The van der Waals surface area contributed by atoms with Gasteiger partial charge in [0.1, 0.15) is 0 Å². The zero-order valence-corrected chi connectivity index (χ0v) is 11.9. The lowest BCUT2D eigenvalue weighted by Crippen LogP contribution is -2.43. The molecule has 2 rings (SSSR count). The molecule has 0 amide bonds. The standard InChI is InChI=1S/C11H20N4O3S/c1-9-14-11(15-18-9)5-7-13-19(16,17)8-10-4-2-3-6-12-10/h10,12-13H,2-8H2,1H3. The maximum Gasteiger partial charge on any atom is 0.223 e. The van der Waals surface area contributed by atoms with Crippen molar-refractivity contribution in [2.75, 3.05) is 18.8 Å². The van der Waals surface area contributed by atoms with Crippen LogP contribution in [0.4, 0.5) is 0 Å². The molecule has 108 valence electrons. The number of sulfonamides is 1. The van der Waals surface area contributed by atoms with Gasteiger partial charge in [-0.05, 0) is 19.4 Å². The Balaban J connectivity index is 1.74. The van der Waals surface area contributed by atoms with Gasteiger partial charge in [-0.1, -0.05) is 11.6 Å². The molecular weight excluding hydrogens is 268 g/mol. The molecule has 1 aliphatic rings. The average Bonchev–Trinajstić information content (AvgIpc) is 2.75. The summed E-state index contributed by atoms with van der Waals surface area (Å²) in [6.45, 7) is 2.91. The van der Waals surface area contributed by atoms with Gasteiger partial charge in [0.2, 0.25) is 15.9 Å². The number of piperidine rings is 1. The van der Waals surface area contributed by atoms with E-state index in [1.165, 1.54) is 0 Å². The van der Waals surface area contributed by atoms with Crippen LogP contribution >= 0.6 is 0 Å². The third kappa shape index (κ3) is 4.88. The van der Waals surface area contributed by atoms with E-state index >= 15 is 0 Å². The van der Waals surface area contributed by atoms with Crippen LogP contribution < -0.4 is 10.0 Å². The Hall–Kier alpha value is -0.990. The fraction of sp³-hybridized carbons (Fsp3) is 0.818. The number of hydrogen-bond acceptors (Lipinski definition) is 6. The molecule has 0 radical (unpaired) electrons. The van der Waals surface area contributed by atoms with Crippen molar-refractivity contribution < 1.29 is 12.9 Å². The summed E-state index contributed by atoms with van der Waals surface area (Å²) >= 11 is 0. The van der Waals surface area contributed by atoms with Crippen molar-refractivity contribution in [2.45, 2.75) is 38.6 Å². The van der Waals surface area contributed by atoms with Crippen LogP contribution in [-0.4, -0.2) is 43.4 Å². The van der Waals surface area contributed by atoms with Gasteiger partial charge in [-0.3, -0.25) is 0 Å². The molecule has 8 heteroatoms. The molecule has 0 saturated carbocycles. The van der Waals surface area contributed by atoms with Crippen molar-refractivity contribution in [2.24, 2.45) is 0 Å². The molecule has 0 aromatic carbocycles. The molecular formula is C11H20N4O3S. The van der Waals surface area contributed by atoms with Crippen LogP contribution in [0, 0.1) is 6.92 Å². The largest absolute Gasteiger partial charge is 0.340 e. The maximum atomic E-state index is 11.9. The highest BCUT2D eigenvalue weighted by atomic mass is 32.2. The molecule has 7 nitrogen and oxygen atoms in total. The van der Waals surface area contributed by atoms with Crippen LogP contribution in [0.5, 0.6) is 0 Å². The van der Waals surface area contributed by atoms with Crippen molar-refractivity contribution >= 4 is 10.0 Å². The molecule has 1 aliphatic heterocycles. The van der Waals surface area contributed by atoms with E-state index in [1.807, 2.05) is 0 Å². The number of rotatable bonds is 6. The van der Waals surface area contributed by atoms with Gasteiger partial charge in [-0.15, -0.1) is 0 Å². The fourth-order valence-corrected chi connectivity index (χ4v) is 3.50. The number of nitrogens with one attached hydrogen (secondary N) is 2. The minimum absolute atomic E-state index is 0.0682. The van der Waals surface area contributed by atoms with E-state index < -0.39 is 10.0 Å². The lowest BCUT2D eigenvalue weighted by molar-refractivity contribution is 0.387. The van der Waals surface area contributed by atoms with Crippen LogP contribution in [0.15, 0.2) is 4.52 Å². The minimum Gasteiger partial charge on any atom is -0.340 e. The maximum absolute atomic E-state index is 11.9. The quantitative estimate of drug-likeness (QED) is 0.763. The van der Waals surface area contributed by atoms with Gasteiger partial charge in [0.15, 0.2) is 5.82 Å². The second kappa shape index (κ2) is 6.44. The molecule has 1 aromatic rings. The zero-order chi connectivity index (χ0) is 13.7. The first-order chi connectivity index (χ1) is 9.05. The Morgan fingerprint density at radius 1 is 1.47 bits per heavy atom. The molecule has 1 aromatic heterocycles. The Labute approximate surface area is 113 Å². The van der Waals surface area contributed by atoms with E-state index in [9.17, 15) is 8.42 Å². The summed E-state index contributed by atoms with van der Waals surface area (Å²) in [7, 11) is -3.24. The van der Waals surface area contributed by atoms with Crippen molar-refractivity contribution in [3.8, 4) is 0 Å². The summed E-state index contributed by atoms with van der Waals surface area (Å²) in [5.41, 5.74) is 0. The summed E-state index contributed by atoms with van der Waals surface area (Å²) in [5.74, 6) is 1.15. The van der Waals surface area contributed by atoms with E-state index in [0.717, 1.165) is 25.8 Å². The summed E-state index contributed by atoms with van der Waals surface area (Å²) in [6.07, 6.45) is 3.58. The summed E-state index contributed by atoms with van der Waals surface area (Å²) < 4.78 is 31.2. The Bertz CT molecular complexity index is 494. The topological polar surface area (TPSA) is 97.1 Å². The van der Waals surface area contributed by atoms with Crippen LogP contribution in [-0.2, 0) is 16.4 Å². The molecule has 1 atom stereocenters. The SMILES string of the molecule is Cc1nc(CCNS(=O)(=O)CC2CCCCN2)no1. The molecule has 1 saturated heterocycles. The Morgan fingerprint density at radius 2 is 2.32 bits per heavy atom. The number of aryl methyl sites for hydroxylation is 1. The van der Waals surface area contributed by atoms with Gasteiger partial charge in [0, 0.05) is 25.9 Å². The van der Waals surface area contributed by atoms with Crippen LogP contribution in [0.3, 0.4) is 0 Å². The second-order valence-corrected chi connectivity index (χ2v) is 6.65. The van der Waals surface area contributed by atoms with Gasteiger partial charge >= 0.3 is 0 Å². The smallest absolute Gasteiger partial charge is 0.223 e. The lowest BCUT2D eigenvalue weighted by atomic mass is 10.1. The lowest BCUT2D eigenvalue weighted by Gasteiger charge is -2.23. The normalized spacial score (nSPS) is 20.6. The molecule has 1 fully saturated rings. The summed E-state index contributed by atoms with van der Waals surface area (Å²) in [6, 6.07) is 0.0682. The van der Waals surface area contributed by atoms with Crippen LogP contribution in [0.2, 0.25) is 0 Å². The van der Waals surface area contributed by atoms with E-state index in [1.54, 1.807) is 6.92 Å². The Morgan fingerprint density at radius 3 is 2.95 bits per heavy atom. The highest BCUT2D eigenvalue weighted by Crippen LogP contribution is 2.08. The number of aromatic nitrogens is 2. The van der Waals surface area contributed by atoms with E-state index in [-0.39, 0.29) is 11.8 Å². The van der Waals surface area contributed by atoms with Crippen molar-refractivity contribution in [3.05, 3.63) is 11.7 Å². The predicted molar refractivity (Wildman–Crippen MR) is 70.2 cm³/mol. The van der Waals surface area contributed by atoms with Gasteiger partial charge < -0.3 is 9.84 Å². The minimum atomic E-state index is -3.24. The molecule has 0 aliphatic carbocycles. The van der Waals surface area contributed by atoms with Crippen LogP contribution in [0.1, 0.15) is 31.0 Å². The highest BCUT2D eigenvalue weighted by molar-refractivity contribution is 7.89. The van der Waals surface area contributed by atoms with Crippen molar-refractivity contribution in [1.82, 2.24) is 20.2 Å². The van der Waals surface area contributed by atoms with E-state index in [4.69, 9.17) is 4.52 Å². The van der Waals surface area contributed by atoms with Gasteiger partial charge in [0.05, 0.1) is 5.75 Å². The monoisotopic (exact) mass is 288 g/mol. The first-order valence-corrected chi connectivity index (χ1v) is 8.20. The highest BCUT2D eigenvalue weighted by Gasteiger charge is 2.20. The second-order valence-electron chi connectivity index (χ2n) is 4.80. The van der Waals surface area contributed by atoms with Crippen LogP contribution in [0.25, 0.3) is 0 Å². The number of hydrogen-bond donors (Lipinski definition) is 2. The van der Waals surface area contributed by atoms with E-state index in [2.05, 4.69) is 20.2 Å². The molecule has 2 heterocycles. The summed E-state index contributed by atoms with van der Waals surface area (Å²) in [4.78, 5) is 4.02. The van der Waals surface area contributed by atoms with Crippen molar-refractivity contribution in [1.29, 1.82) is 0 Å². The number of nitrogens with zero attached hydrogens (tertiary/aromatic N) is 2. The molecule has 0 spiro atoms. The molecule has 0 bridgehead atoms. The van der Waals surface area contributed by atoms with E-state index in [0.29, 0.717) is 24.7 Å². The third-order valence-electron chi connectivity index (χ3n) is 3.07. The molecule has 2 N–H and O–H groups in total. The fourth-order valence-electron chi connectivity index (χ4n) is 2.15. The van der Waals surface area contributed by atoms with Gasteiger partial charge in [-0.2, -0.15) is 4.98 Å². The Kier molecular flexibility index (Phi) is 4.89. The van der Waals surface area contributed by atoms with Gasteiger partial charge in [-0.25, -0.2) is 13.1 Å². The van der Waals surface area contributed by atoms with Gasteiger partial charge in [0.25, 0.3) is 0 Å².